The van der Waals surface area contributed by atoms with E-state index >= 15 is 0 Å². The van der Waals surface area contributed by atoms with Gasteiger partial charge in [0.25, 0.3) is 0 Å². The van der Waals surface area contributed by atoms with Gasteiger partial charge in [-0.1, -0.05) is 6.08 Å². The van der Waals surface area contributed by atoms with Gasteiger partial charge in [0.2, 0.25) is 0 Å². The minimum Gasteiger partial charge on any atom is -0.335 e. The maximum Gasteiger partial charge on any atom is 0.317 e. The molecule has 2 amide bonds. The third-order valence-electron chi connectivity index (χ3n) is 2.67. The lowest BCUT2D eigenvalue weighted by molar-refractivity contribution is 0.188. The molecule has 5 nitrogen and oxygen atoms in total. The molecule has 1 N–H and O–H groups in total. The second-order valence-electron chi connectivity index (χ2n) is 4.01. The minimum atomic E-state index is -3.05. The van der Waals surface area contributed by atoms with Gasteiger partial charge in [-0.25, -0.2) is 13.2 Å². The Kier molecular flexibility index (Phi) is 4.35. The van der Waals surface area contributed by atoms with Crippen LogP contribution in [0.3, 0.4) is 0 Å². The molecule has 92 valence electrons. The fraction of sp³-hybridized carbons (Fsp3) is 0.700. The summed E-state index contributed by atoms with van der Waals surface area (Å²) < 4.78 is 22.8. The molecule has 0 aromatic heterocycles. The largest absolute Gasteiger partial charge is 0.335 e. The number of nitrogens with zero attached hydrogens (tertiary/aromatic N) is 1. The zero-order valence-electron chi connectivity index (χ0n) is 9.48. The molecule has 0 saturated carbocycles. The predicted octanol–water partition coefficient (Wildman–Crippen LogP) is 0.391. The summed E-state index contributed by atoms with van der Waals surface area (Å²) >= 11 is 0. The van der Waals surface area contributed by atoms with E-state index in [2.05, 4.69) is 11.9 Å². The van der Waals surface area contributed by atoms with Crippen LogP contribution in [0.15, 0.2) is 12.7 Å². The summed E-state index contributed by atoms with van der Waals surface area (Å²) in [6.07, 6.45) is 4.20. The summed E-state index contributed by atoms with van der Waals surface area (Å²) in [5.41, 5.74) is 0. The van der Waals surface area contributed by atoms with Crippen molar-refractivity contribution in [3.63, 3.8) is 0 Å². The number of rotatable bonds is 3. The molecule has 1 heterocycles. The van der Waals surface area contributed by atoms with Gasteiger partial charge in [-0.3, -0.25) is 0 Å². The SMILES string of the molecule is C=CCNC(=O)N1CCCC(S(C)(=O)=O)C1. The second kappa shape index (κ2) is 5.34. The summed E-state index contributed by atoms with van der Waals surface area (Å²) in [5.74, 6) is 0. The molecule has 1 atom stereocenters. The molecule has 6 heteroatoms. The highest BCUT2D eigenvalue weighted by atomic mass is 32.2. The topological polar surface area (TPSA) is 66.5 Å². The molecule has 16 heavy (non-hydrogen) atoms. The van der Waals surface area contributed by atoms with Crippen LogP contribution in [0.5, 0.6) is 0 Å². The summed E-state index contributed by atoms with van der Waals surface area (Å²) in [5, 5.41) is 2.23. The molecule has 1 fully saturated rings. The molecule has 1 unspecified atom stereocenters. The summed E-state index contributed by atoms with van der Waals surface area (Å²) in [6, 6.07) is -0.215. The second-order valence-corrected chi connectivity index (χ2v) is 6.34. The first-order valence-electron chi connectivity index (χ1n) is 5.27. The van der Waals surface area contributed by atoms with Crippen molar-refractivity contribution < 1.29 is 13.2 Å². The van der Waals surface area contributed by atoms with E-state index in [9.17, 15) is 13.2 Å². The summed E-state index contributed by atoms with van der Waals surface area (Å²) in [4.78, 5) is 13.2. The molecule has 1 rings (SSSR count). The Morgan fingerprint density at radius 3 is 2.88 bits per heavy atom. The fourth-order valence-electron chi connectivity index (χ4n) is 1.74. The van der Waals surface area contributed by atoms with E-state index in [4.69, 9.17) is 0 Å². The molecule has 1 aliphatic heterocycles. The number of sulfone groups is 1. The third kappa shape index (κ3) is 3.52. The van der Waals surface area contributed by atoms with Gasteiger partial charge < -0.3 is 10.2 Å². The normalized spacial score (nSPS) is 21.6. The van der Waals surface area contributed by atoms with Gasteiger partial charge in [-0.2, -0.15) is 0 Å². The van der Waals surface area contributed by atoms with Crippen molar-refractivity contribution in [2.24, 2.45) is 0 Å². The quantitative estimate of drug-likeness (QED) is 0.733. The molecule has 0 bridgehead atoms. The van der Waals surface area contributed by atoms with Crippen LogP contribution >= 0.6 is 0 Å². The number of hydrogen-bond donors (Lipinski definition) is 1. The Morgan fingerprint density at radius 2 is 2.31 bits per heavy atom. The smallest absolute Gasteiger partial charge is 0.317 e. The number of likely N-dealkylation sites (tertiary alicyclic amines) is 1. The van der Waals surface area contributed by atoms with E-state index in [1.165, 1.54) is 6.26 Å². The van der Waals surface area contributed by atoms with Crippen molar-refractivity contribution in [1.29, 1.82) is 0 Å². The number of piperidine rings is 1. The van der Waals surface area contributed by atoms with Crippen molar-refractivity contribution in [2.45, 2.75) is 18.1 Å². The fourth-order valence-corrected chi connectivity index (χ4v) is 2.79. The van der Waals surface area contributed by atoms with E-state index < -0.39 is 15.1 Å². The molecule has 0 aromatic rings. The highest BCUT2D eigenvalue weighted by Crippen LogP contribution is 2.16. The first kappa shape index (κ1) is 13.0. The van der Waals surface area contributed by atoms with E-state index in [-0.39, 0.29) is 6.03 Å². The highest BCUT2D eigenvalue weighted by Gasteiger charge is 2.29. The van der Waals surface area contributed by atoms with Crippen LogP contribution in [0, 0.1) is 0 Å². The van der Waals surface area contributed by atoms with Crippen LogP contribution < -0.4 is 5.32 Å². The lowest BCUT2D eigenvalue weighted by atomic mass is 10.1. The Balaban J connectivity index is 2.57. The lowest BCUT2D eigenvalue weighted by Crippen LogP contribution is -2.48. The zero-order chi connectivity index (χ0) is 12.2. The highest BCUT2D eigenvalue weighted by molar-refractivity contribution is 7.91. The molecular formula is C10H18N2O3S. The first-order chi connectivity index (χ1) is 7.45. The third-order valence-corrected chi connectivity index (χ3v) is 4.26. The molecule has 0 spiro atoms. The van der Waals surface area contributed by atoms with Gasteiger partial charge in [-0.15, -0.1) is 6.58 Å². The van der Waals surface area contributed by atoms with E-state index in [0.717, 1.165) is 6.42 Å². The predicted molar refractivity (Wildman–Crippen MR) is 63.0 cm³/mol. The first-order valence-corrected chi connectivity index (χ1v) is 7.23. The van der Waals surface area contributed by atoms with Crippen molar-refractivity contribution in [3.8, 4) is 0 Å². The molecule has 0 aliphatic carbocycles. The Morgan fingerprint density at radius 1 is 1.62 bits per heavy atom. The van der Waals surface area contributed by atoms with Gasteiger partial charge in [0.05, 0.1) is 5.25 Å². The Hall–Kier alpha value is -1.04. The molecule has 1 aliphatic rings. The van der Waals surface area contributed by atoms with Crippen molar-refractivity contribution >= 4 is 15.9 Å². The number of carbonyl (C=O) groups excluding carboxylic acids is 1. The monoisotopic (exact) mass is 246 g/mol. The van der Waals surface area contributed by atoms with Crippen LogP contribution in [0.4, 0.5) is 4.79 Å². The minimum absolute atomic E-state index is 0.215. The summed E-state index contributed by atoms with van der Waals surface area (Å²) in [7, 11) is -3.05. The van der Waals surface area contributed by atoms with Crippen LogP contribution in [-0.4, -0.2) is 50.5 Å². The van der Waals surface area contributed by atoms with Crippen LogP contribution in [0.25, 0.3) is 0 Å². The van der Waals surface area contributed by atoms with Crippen LogP contribution in [0.1, 0.15) is 12.8 Å². The van der Waals surface area contributed by atoms with Gasteiger partial charge in [-0.05, 0) is 12.8 Å². The van der Waals surface area contributed by atoms with Crippen molar-refractivity contribution in [1.82, 2.24) is 10.2 Å². The van der Waals surface area contributed by atoms with Gasteiger partial charge in [0.1, 0.15) is 0 Å². The average Bonchev–Trinajstić information content (AvgIpc) is 2.25. The van der Waals surface area contributed by atoms with Crippen LogP contribution in [0.2, 0.25) is 0 Å². The Labute approximate surface area is 96.4 Å². The maximum absolute atomic E-state index is 11.6. The maximum atomic E-state index is 11.6. The summed E-state index contributed by atoms with van der Waals surface area (Å²) in [6.45, 7) is 4.82. The van der Waals surface area contributed by atoms with Gasteiger partial charge >= 0.3 is 6.03 Å². The number of nitrogens with one attached hydrogen (secondary N) is 1. The number of hydrogen-bond acceptors (Lipinski definition) is 3. The Bertz CT molecular complexity index is 364. The number of amides is 2. The van der Waals surface area contributed by atoms with Crippen molar-refractivity contribution in [2.75, 3.05) is 25.9 Å². The van der Waals surface area contributed by atoms with E-state index in [1.807, 2.05) is 0 Å². The van der Waals surface area contributed by atoms with Crippen molar-refractivity contribution in [3.05, 3.63) is 12.7 Å². The van der Waals surface area contributed by atoms with Gasteiger partial charge in [0.15, 0.2) is 9.84 Å². The van der Waals surface area contributed by atoms with E-state index in [0.29, 0.717) is 26.1 Å². The number of carbonyl (C=O) groups is 1. The van der Waals surface area contributed by atoms with E-state index in [1.54, 1.807) is 11.0 Å². The number of urea groups is 1. The van der Waals surface area contributed by atoms with Crippen LogP contribution in [-0.2, 0) is 9.84 Å². The standard InChI is InChI=1S/C10H18N2O3S/c1-3-6-11-10(13)12-7-4-5-9(8-12)16(2,14)15/h3,9H,1,4-8H2,2H3,(H,11,13). The molecule has 0 aromatic carbocycles. The lowest BCUT2D eigenvalue weighted by Gasteiger charge is -2.31. The molecule has 0 radical (unpaired) electrons. The van der Waals surface area contributed by atoms with Gasteiger partial charge in [0, 0.05) is 25.9 Å². The molecular weight excluding hydrogens is 228 g/mol. The molecule has 1 saturated heterocycles. The zero-order valence-corrected chi connectivity index (χ0v) is 10.3. The average molecular weight is 246 g/mol.